The number of benzene rings is 3. The van der Waals surface area contributed by atoms with Crippen LogP contribution in [0.1, 0.15) is 29.0 Å². The normalized spacial score (nSPS) is 11.8. The Morgan fingerprint density at radius 2 is 1.57 bits per heavy atom. The Labute approximate surface area is 185 Å². The zero-order valence-corrected chi connectivity index (χ0v) is 17.7. The minimum Gasteiger partial charge on any atom is -0.344 e. The molecule has 0 saturated carbocycles. The van der Waals surface area contributed by atoms with E-state index in [9.17, 15) is 4.79 Å². The maximum atomic E-state index is 13.2. The Balaban J connectivity index is 1.74. The number of carbonyl (C=O) groups is 1. The van der Waals surface area contributed by atoms with Gasteiger partial charge in [0.2, 0.25) is 0 Å². The number of carbonyl (C=O) groups excluding carboxylic acids is 1. The van der Waals surface area contributed by atoms with Gasteiger partial charge in [-0.25, -0.2) is 4.68 Å². The van der Waals surface area contributed by atoms with E-state index in [2.05, 4.69) is 10.4 Å². The first-order chi connectivity index (χ1) is 14.5. The van der Waals surface area contributed by atoms with Gasteiger partial charge in [-0.3, -0.25) is 4.79 Å². The fraction of sp³-hybridized carbons (Fsp3) is 0.0833. The zero-order valence-electron chi connectivity index (χ0n) is 16.2. The van der Waals surface area contributed by atoms with E-state index in [1.807, 2.05) is 67.6 Å². The van der Waals surface area contributed by atoms with Crippen molar-refractivity contribution in [2.75, 3.05) is 0 Å². The van der Waals surface area contributed by atoms with Crippen LogP contribution in [-0.2, 0) is 0 Å². The molecule has 4 rings (SSSR count). The fourth-order valence-electron chi connectivity index (χ4n) is 3.20. The van der Waals surface area contributed by atoms with Crippen molar-refractivity contribution >= 4 is 29.1 Å². The Bertz CT molecular complexity index is 1170. The second-order valence-corrected chi connectivity index (χ2v) is 7.71. The van der Waals surface area contributed by atoms with Crippen LogP contribution in [0, 0.1) is 0 Å². The number of amides is 1. The molecule has 1 amide bonds. The smallest absolute Gasteiger partial charge is 0.270 e. The number of nitrogens with one attached hydrogen (secondary N) is 1. The van der Waals surface area contributed by atoms with Crippen molar-refractivity contribution in [2.45, 2.75) is 13.0 Å². The summed E-state index contributed by atoms with van der Waals surface area (Å²) in [5.41, 5.74) is 3.70. The first-order valence-corrected chi connectivity index (χ1v) is 10.3. The lowest BCUT2D eigenvalue weighted by Crippen LogP contribution is -2.28. The molecule has 1 N–H and O–H groups in total. The second-order valence-electron chi connectivity index (χ2n) is 6.90. The molecular formula is C24H19Cl2N3O. The number of halogens is 2. The van der Waals surface area contributed by atoms with Gasteiger partial charge in [-0.1, -0.05) is 83.9 Å². The van der Waals surface area contributed by atoms with Gasteiger partial charge >= 0.3 is 0 Å². The number of hydrogen-bond acceptors (Lipinski definition) is 2. The molecular weight excluding hydrogens is 417 g/mol. The van der Waals surface area contributed by atoms with E-state index in [0.717, 1.165) is 11.1 Å². The van der Waals surface area contributed by atoms with Crippen LogP contribution in [0.4, 0.5) is 0 Å². The van der Waals surface area contributed by atoms with Gasteiger partial charge < -0.3 is 5.32 Å². The molecule has 4 nitrogen and oxygen atoms in total. The van der Waals surface area contributed by atoms with Gasteiger partial charge in [0, 0.05) is 5.56 Å². The highest BCUT2D eigenvalue weighted by atomic mass is 35.5. The van der Waals surface area contributed by atoms with Gasteiger partial charge in [0.25, 0.3) is 5.91 Å². The third-order valence-corrected chi connectivity index (χ3v) is 5.55. The third kappa shape index (κ3) is 4.25. The van der Waals surface area contributed by atoms with Crippen molar-refractivity contribution < 1.29 is 4.79 Å². The van der Waals surface area contributed by atoms with Crippen LogP contribution in [0.3, 0.4) is 0 Å². The summed E-state index contributed by atoms with van der Waals surface area (Å²) in [6.45, 7) is 1.95. The first-order valence-electron chi connectivity index (χ1n) is 9.49. The molecule has 0 radical (unpaired) electrons. The summed E-state index contributed by atoms with van der Waals surface area (Å²) in [5.74, 6) is -0.230. The summed E-state index contributed by atoms with van der Waals surface area (Å²) in [6, 6.07) is 26.3. The van der Waals surface area contributed by atoms with Crippen LogP contribution in [-0.4, -0.2) is 15.7 Å². The van der Waals surface area contributed by atoms with Crippen LogP contribution in [0.15, 0.2) is 84.9 Å². The van der Waals surface area contributed by atoms with Crippen LogP contribution >= 0.6 is 23.2 Å². The summed E-state index contributed by atoms with van der Waals surface area (Å²) in [5, 5.41) is 8.57. The molecule has 0 aliphatic rings. The Morgan fingerprint density at radius 1 is 0.900 bits per heavy atom. The van der Waals surface area contributed by atoms with E-state index in [0.29, 0.717) is 27.1 Å². The summed E-state index contributed by atoms with van der Waals surface area (Å²) in [4.78, 5) is 13.2. The molecule has 3 aromatic carbocycles. The largest absolute Gasteiger partial charge is 0.344 e. The van der Waals surface area contributed by atoms with Crippen molar-refractivity contribution in [3.8, 4) is 16.9 Å². The number of rotatable bonds is 5. The molecule has 1 heterocycles. The molecule has 0 bridgehead atoms. The summed E-state index contributed by atoms with van der Waals surface area (Å²) in [7, 11) is 0. The van der Waals surface area contributed by atoms with E-state index in [1.54, 1.807) is 28.9 Å². The van der Waals surface area contributed by atoms with E-state index < -0.39 is 0 Å². The zero-order chi connectivity index (χ0) is 21.1. The van der Waals surface area contributed by atoms with Crippen molar-refractivity contribution in [2.24, 2.45) is 0 Å². The maximum Gasteiger partial charge on any atom is 0.270 e. The molecule has 0 fully saturated rings. The highest BCUT2D eigenvalue weighted by Gasteiger charge is 2.20. The number of nitrogens with zero attached hydrogens (tertiary/aromatic N) is 2. The molecule has 0 spiro atoms. The standard InChI is InChI=1S/C24H19Cl2N3O/c1-16(17-8-4-2-5-9-17)27-24(30)23-15-22(18-10-6-3-7-11-18)28-29(23)19-12-13-20(25)21(26)14-19/h2-16H,1H3,(H,27,30). The Morgan fingerprint density at radius 3 is 2.23 bits per heavy atom. The fourth-order valence-corrected chi connectivity index (χ4v) is 3.49. The lowest BCUT2D eigenvalue weighted by atomic mass is 10.1. The number of hydrogen-bond donors (Lipinski definition) is 1. The van der Waals surface area contributed by atoms with Crippen LogP contribution < -0.4 is 5.32 Å². The van der Waals surface area contributed by atoms with Gasteiger partial charge in [0.05, 0.1) is 27.5 Å². The minimum absolute atomic E-state index is 0.156. The SMILES string of the molecule is CC(NC(=O)c1cc(-c2ccccc2)nn1-c1ccc(Cl)c(Cl)c1)c1ccccc1. The molecule has 0 aliphatic heterocycles. The van der Waals surface area contributed by atoms with Crippen LogP contribution in [0.5, 0.6) is 0 Å². The molecule has 0 saturated heterocycles. The van der Waals surface area contributed by atoms with E-state index in [1.165, 1.54) is 0 Å². The van der Waals surface area contributed by atoms with Crippen molar-refractivity contribution in [3.63, 3.8) is 0 Å². The van der Waals surface area contributed by atoms with Gasteiger partial charge in [0.1, 0.15) is 5.69 Å². The molecule has 30 heavy (non-hydrogen) atoms. The Kier molecular flexibility index (Phi) is 5.88. The van der Waals surface area contributed by atoms with E-state index >= 15 is 0 Å². The van der Waals surface area contributed by atoms with E-state index in [-0.39, 0.29) is 11.9 Å². The molecule has 4 aromatic rings. The highest BCUT2D eigenvalue weighted by molar-refractivity contribution is 6.42. The van der Waals surface area contributed by atoms with Crippen molar-refractivity contribution in [1.82, 2.24) is 15.1 Å². The highest BCUT2D eigenvalue weighted by Crippen LogP contribution is 2.27. The number of aromatic nitrogens is 2. The summed E-state index contributed by atoms with van der Waals surface area (Å²) < 4.78 is 1.59. The quantitative estimate of drug-likeness (QED) is 0.397. The Hall–Kier alpha value is -3.08. The van der Waals surface area contributed by atoms with Crippen LogP contribution in [0.25, 0.3) is 16.9 Å². The predicted molar refractivity (Wildman–Crippen MR) is 121 cm³/mol. The average Bonchev–Trinajstić information content (AvgIpc) is 3.22. The summed E-state index contributed by atoms with van der Waals surface area (Å²) >= 11 is 12.3. The topological polar surface area (TPSA) is 46.9 Å². The molecule has 1 aromatic heterocycles. The average molecular weight is 436 g/mol. The lowest BCUT2D eigenvalue weighted by molar-refractivity contribution is 0.0932. The van der Waals surface area contributed by atoms with Gasteiger partial charge in [-0.2, -0.15) is 5.10 Å². The summed E-state index contributed by atoms with van der Waals surface area (Å²) in [6.07, 6.45) is 0. The molecule has 150 valence electrons. The molecule has 1 unspecified atom stereocenters. The van der Waals surface area contributed by atoms with Crippen molar-refractivity contribution in [3.05, 3.63) is 106 Å². The molecule has 6 heteroatoms. The lowest BCUT2D eigenvalue weighted by Gasteiger charge is -2.15. The molecule has 1 atom stereocenters. The minimum atomic E-state index is -0.230. The van der Waals surface area contributed by atoms with Gasteiger partial charge in [-0.05, 0) is 36.8 Å². The first kappa shape index (κ1) is 20.2. The van der Waals surface area contributed by atoms with E-state index in [4.69, 9.17) is 23.2 Å². The molecule has 0 aliphatic carbocycles. The second kappa shape index (κ2) is 8.74. The third-order valence-electron chi connectivity index (χ3n) is 4.81. The van der Waals surface area contributed by atoms with Gasteiger partial charge in [0.15, 0.2) is 0 Å². The van der Waals surface area contributed by atoms with Crippen molar-refractivity contribution in [1.29, 1.82) is 0 Å². The van der Waals surface area contributed by atoms with Gasteiger partial charge in [-0.15, -0.1) is 0 Å². The van der Waals surface area contributed by atoms with Crippen LogP contribution in [0.2, 0.25) is 10.0 Å². The monoisotopic (exact) mass is 435 g/mol. The maximum absolute atomic E-state index is 13.2. The predicted octanol–water partition coefficient (Wildman–Crippen LogP) is 6.34.